The second-order valence-corrected chi connectivity index (χ2v) is 5.73. The van der Waals surface area contributed by atoms with Crippen LogP contribution in [0.25, 0.3) is 5.65 Å². The SMILES string of the molecule is O=c1c(CCSc2ccccc2)c(O)nc2ccccn12. The van der Waals surface area contributed by atoms with Crippen molar-refractivity contribution < 1.29 is 5.11 Å². The van der Waals surface area contributed by atoms with Crippen molar-refractivity contribution in [1.82, 2.24) is 9.38 Å². The van der Waals surface area contributed by atoms with Crippen LogP contribution in [0, 0.1) is 0 Å². The maximum Gasteiger partial charge on any atom is 0.264 e. The van der Waals surface area contributed by atoms with Crippen LogP contribution in [-0.2, 0) is 6.42 Å². The molecule has 2 heterocycles. The lowest BCUT2D eigenvalue weighted by Crippen LogP contribution is -2.20. The first-order chi connectivity index (χ1) is 10.3. The highest BCUT2D eigenvalue weighted by Crippen LogP contribution is 2.20. The number of rotatable bonds is 4. The topological polar surface area (TPSA) is 54.6 Å². The number of pyridine rings is 1. The normalized spacial score (nSPS) is 10.9. The fraction of sp³-hybridized carbons (Fsp3) is 0.125. The first kappa shape index (κ1) is 13.7. The first-order valence-corrected chi connectivity index (χ1v) is 7.61. The molecule has 0 aliphatic heterocycles. The van der Waals surface area contributed by atoms with E-state index in [1.54, 1.807) is 36.2 Å². The number of aromatic hydroxyl groups is 1. The molecule has 21 heavy (non-hydrogen) atoms. The zero-order valence-corrected chi connectivity index (χ0v) is 12.1. The van der Waals surface area contributed by atoms with Gasteiger partial charge >= 0.3 is 0 Å². The van der Waals surface area contributed by atoms with Gasteiger partial charge in [0, 0.05) is 16.8 Å². The molecule has 4 nitrogen and oxygen atoms in total. The van der Waals surface area contributed by atoms with Crippen LogP contribution in [0.4, 0.5) is 0 Å². The molecule has 0 spiro atoms. The molecular weight excluding hydrogens is 284 g/mol. The number of hydrogen-bond acceptors (Lipinski definition) is 4. The van der Waals surface area contributed by atoms with Gasteiger partial charge in [-0.3, -0.25) is 9.20 Å². The van der Waals surface area contributed by atoms with E-state index >= 15 is 0 Å². The fourth-order valence-corrected chi connectivity index (χ4v) is 3.01. The maximum atomic E-state index is 12.3. The van der Waals surface area contributed by atoms with Gasteiger partial charge in [-0.05, 0) is 30.7 Å². The van der Waals surface area contributed by atoms with Gasteiger partial charge < -0.3 is 5.11 Å². The predicted octanol–water partition coefficient (Wildman–Crippen LogP) is 2.73. The van der Waals surface area contributed by atoms with Crippen molar-refractivity contribution in [3.63, 3.8) is 0 Å². The maximum absolute atomic E-state index is 12.3. The number of aromatic nitrogens is 2. The van der Waals surface area contributed by atoms with Gasteiger partial charge in [-0.15, -0.1) is 11.8 Å². The zero-order chi connectivity index (χ0) is 14.7. The molecule has 1 aromatic carbocycles. The summed E-state index contributed by atoms with van der Waals surface area (Å²) in [6, 6.07) is 15.2. The van der Waals surface area contributed by atoms with E-state index in [-0.39, 0.29) is 11.4 Å². The van der Waals surface area contributed by atoms with Crippen molar-refractivity contribution in [2.75, 3.05) is 5.75 Å². The molecule has 0 unspecified atom stereocenters. The van der Waals surface area contributed by atoms with Gasteiger partial charge in [-0.25, -0.2) is 0 Å². The van der Waals surface area contributed by atoms with Gasteiger partial charge in [-0.2, -0.15) is 4.98 Å². The van der Waals surface area contributed by atoms with Gasteiger partial charge in [0.1, 0.15) is 5.65 Å². The van der Waals surface area contributed by atoms with Gasteiger partial charge in [-0.1, -0.05) is 24.3 Å². The minimum absolute atomic E-state index is 0.167. The van der Waals surface area contributed by atoms with Gasteiger partial charge in [0.25, 0.3) is 5.56 Å². The average molecular weight is 298 g/mol. The lowest BCUT2D eigenvalue weighted by molar-refractivity contribution is 0.445. The summed E-state index contributed by atoms with van der Waals surface area (Å²) >= 11 is 1.65. The number of hydrogen-bond donors (Lipinski definition) is 1. The molecule has 2 aromatic heterocycles. The van der Waals surface area contributed by atoms with Crippen molar-refractivity contribution >= 4 is 17.4 Å². The van der Waals surface area contributed by atoms with Crippen LogP contribution >= 0.6 is 11.8 Å². The zero-order valence-electron chi connectivity index (χ0n) is 11.3. The van der Waals surface area contributed by atoms with Crippen molar-refractivity contribution in [3.8, 4) is 5.88 Å². The van der Waals surface area contributed by atoms with E-state index in [1.807, 2.05) is 30.3 Å². The lowest BCUT2D eigenvalue weighted by Gasteiger charge is -2.06. The van der Waals surface area contributed by atoms with E-state index in [1.165, 1.54) is 4.40 Å². The van der Waals surface area contributed by atoms with Crippen LogP contribution in [0.2, 0.25) is 0 Å². The highest BCUT2D eigenvalue weighted by molar-refractivity contribution is 7.99. The second-order valence-electron chi connectivity index (χ2n) is 4.56. The number of benzene rings is 1. The van der Waals surface area contributed by atoms with E-state index in [0.29, 0.717) is 23.4 Å². The summed E-state index contributed by atoms with van der Waals surface area (Å²) < 4.78 is 1.46. The highest BCUT2D eigenvalue weighted by atomic mass is 32.2. The van der Waals surface area contributed by atoms with Crippen LogP contribution in [0.3, 0.4) is 0 Å². The Morgan fingerprint density at radius 3 is 2.67 bits per heavy atom. The number of thioether (sulfide) groups is 1. The number of nitrogens with zero attached hydrogens (tertiary/aromatic N) is 2. The van der Waals surface area contributed by atoms with Crippen LogP contribution in [-0.4, -0.2) is 20.2 Å². The van der Waals surface area contributed by atoms with E-state index < -0.39 is 0 Å². The molecule has 1 N–H and O–H groups in total. The molecule has 3 aromatic rings. The van der Waals surface area contributed by atoms with Gasteiger partial charge in [0.15, 0.2) is 0 Å². The molecule has 0 saturated heterocycles. The van der Waals surface area contributed by atoms with Crippen molar-refractivity contribution in [2.24, 2.45) is 0 Å². The third-order valence-electron chi connectivity index (χ3n) is 3.17. The predicted molar refractivity (Wildman–Crippen MR) is 84.0 cm³/mol. The van der Waals surface area contributed by atoms with Crippen molar-refractivity contribution in [2.45, 2.75) is 11.3 Å². The Kier molecular flexibility index (Phi) is 3.92. The molecule has 0 radical (unpaired) electrons. The molecule has 0 bridgehead atoms. The molecule has 3 rings (SSSR count). The second kappa shape index (κ2) is 6.01. The molecule has 0 amide bonds. The summed E-state index contributed by atoms with van der Waals surface area (Å²) in [6.07, 6.45) is 2.15. The molecule has 5 heteroatoms. The van der Waals surface area contributed by atoms with Gasteiger partial charge in [0.2, 0.25) is 5.88 Å². The summed E-state index contributed by atoms with van der Waals surface area (Å²) in [5, 5.41) is 9.95. The molecule has 0 fully saturated rings. The monoisotopic (exact) mass is 298 g/mol. The Morgan fingerprint density at radius 2 is 1.86 bits per heavy atom. The molecule has 0 aliphatic carbocycles. The molecule has 0 atom stereocenters. The third kappa shape index (κ3) is 2.92. The average Bonchev–Trinajstić information content (AvgIpc) is 2.51. The quantitative estimate of drug-likeness (QED) is 0.753. The largest absolute Gasteiger partial charge is 0.493 e. The van der Waals surface area contributed by atoms with Crippen LogP contribution < -0.4 is 5.56 Å². The minimum Gasteiger partial charge on any atom is -0.493 e. The van der Waals surface area contributed by atoms with Crippen molar-refractivity contribution in [3.05, 3.63) is 70.6 Å². The molecule has 0 saturated carbocycles. The Balaban J connectivity index is 1.82. The van der Waals surface area contributed by atoms with E-state index in [2.05, 4.69) is 4.98 Å². The summed E-state index contributed by atoms with van der Waals surface area (Å²) in [6.45, 7) is 0. The lowest BCUT2D eigenvalue weighted by atomic mass is 10.2. The molecule has 0 aliphatic rings. The van der Waals surface area contributed by atoms with Crippen LogP contribution in [0.1, 0.15) is 5.56 Å². The minimum atomic E-state index is -0.202. The first-order valence-electron chi connectivity index (χ1n) is 6.63. The van der Waals surface area contributed by atoms with Crippen LogP contribution in [0.15, 0.2) is 64.4 Å². The highest BCUT2D eigenvalue weighted by Gasteiger charge is 2.11. The molecular formula is C16H14N2O2S. The van der Waals surface area contributed by atoms with Crippen molar-refractivity contribution in [1.29, 1.82) is 0 Å². The Hall–Kier alpha value is -2.27. The fourth-order valence-electron chi connectivity index (χ4n) is 2.12. The smallest absolute Gasteiger partial charge is 0.264 e. The number of fused-ring (bicyclic) bond motifs is 1. The Morgan fingerprint density at radius 1 is 1.10 bits per heavy atom. The third-order valence-corrected chi connectivity index (χ3v) is 4.18. The van der Waals surface area contributed by atoms with Gasteiger partial charge in [0.05, 0.1) is 5.56 Å². The Labute approximate surface area is 126 Å². The standard InChI is InChI=1S/C16H14N2O2S/c19-15-13(9-11-21-12-6-2-1-3-7-12)16(20)18-10-5-4-8-14(18)17-15/h1-8,10,19H,9,11H2. The Bertz CT molecular complexity index is 815. The molecule has 106 valence electrons. The summed E-state index contributed by atoms with van der Waals surface area (Å²) in [7, 11) is 0. The van der Waals surface area contributed by atoms with E-state index in [9.17, 15) is 9.90 Å². The van der Waals surface area contributed by atoms with E-state index in [4.69, 9.17) is 0 Å². The summed E-state index contributed by atoms with van der Waals surface area (Å²) in [5.41, 5.74) is 0.619. The van der Waals surface area contributed by atoms with E-state index in [0.717, 1.165) is 4.90 Å². The van der Waals surface area contributed by atoms with Crippen LogP contribution in [0.5, 0.6) is 5.88 Å². The summed E-state index contributed by atoms with van der Waals surface area (Å²) in [4.78, 5) is 17.6. The summed E-state index contributed by atoms with van der Waals surface area (Å²) in [5.74, 6) is 0.549.